The lowest BCUT2D eigenvalue weighted by molar-refractivity contribution is -0.996. The third-order valence-corrected chi connectivity index (χ3v) is 6.62. The van der Waals surface area contributed by atoms with Gasteiger partial charge in [-0.2, -0.15) is 15.6 Å². The van der Waals surface area contributed by atoms with Crippen LogP contribution in [0, 0.1) is 10.4 Å². The maximum atomic E-state index is 12.2. The Labute approximate surface area is 217 Å². The van der Waals surface area contributed by atoms with Crippen molar-refractivity contribution in [2.75, 3.05) is 19.2 Å². The van der Waals surface area contributed by atoms with Gasteiger partial charge in [-0.15, -0.1) is 0 Å². The molecule has 4 aromatic rings. The average Bonchev–Trinajstić information content (AvgIpc) is 3.36. The van der Waals surface area contributed by atoms with Gasteiger partial charge < -0.3 is 25.0 Å². The van der Waals surface area contributed by atoms with Gasteiger partial charge in [0.15, 0.2) is 22.9 Å². The molecule has 3 atom stereocenters. The third kappa shape index (κ3) is 4.50. The number of aromatic hydroxyl groups is 1. The SMILES string of the molecule is COc1ccc(C2CC(c3c(O)ccc4ccccc34)=NN2c2ccc([NH+]([O-])O)cc2[NH+]([O-])O)cc1OC. The van der Waals surface area contributed by atoms with Crippen LogP contribution in [0.5, 0.6) is 17.2 Å². The van der Waals surface area contributed by atoms with Crippen molar-refractivity contribution in [1.29, 1.82) is 0 Å². The van der Waals surface area contributed by atoms with Crippen LogP contribution in [-0.4, -0.2) is 35.5 Å². The molecule has 0 saturated heterocycles. The van der Waals surface area contributed by atoms with Crippen LogP contribution < -0.4 is 24.9 Å². The van der Waals surface area contributed by atoms with Crippen molar-refractivity contribution in [3.63, 3.8) is 0 Å². The monoisotopic (exact) mass is 518 g/mol. The number of methoxy groups -OCH3 is 2. The highest BCUT2D eigenvalue weighted by atomic mass is 16.8. The Morgan fingerprint density at radius 3 is 2.37 bits per heavy atom. The van der Waals surface area contributed by atoms with Crippen molar-refractivity contribution in [3.05, 3.63) is 94.3 Å². The first-order valence-electron chi connectivity index (χ1n) is 11.7. The molecule has 5 rings (SSSR count). The van der Waals surface area contributed by atoms with E-state index in [0.717, 1.165) is 22.4 Å². The van der Waals surface area contributed by atoms with Gasteiger partial charge in [-0.3, -0.25) is 5.01 Å². The van der Waals surface area contributed by atoms with Gasteiger partial charge in [-0.1, -0.05) is 36.4 Å². The number of phenols is 1. The largest absolute Gasteiger partial charge is 0.595 e. The summed E-state index contributed by atoms with van der Waals surface area (Å²) in [5.74, 6) is 1.08. The van der Waals surface area contributed by atoms with E-state index in [4.69, 9.17) is 14.6 Å². The lowest BCUT2D eigenvalue weighted by Crippen LogP contribution is -3.00. The summed E-state index contributed by atoms with van der Waals surface area (Å²) in [4.78, 5) is 0. The number of benzene rings is 4. The minimum Gasteiger partial charge on any atom is -0.595 e. The van der Waals surface area contributed by atoms with Gasteiger partial charge >= 0.3 is 0 Å². The zero-order valence-corrected chi connectivity index (χ0v) is 20.6. The second-order valence-corrected chi connectivity index (χ2v) is 8.75. The molecule has 0 saturated carbocycles. The molecule has 11 nitrogen and oxygen atoms in total. The van der Waals surface area contributed by atoms with Crippen LogP contribution in [0.1, 0.15) is 23.6 Å². The van der Waals surface area contributed by atoms with E-state index >= 15 is 0 Å². The summed E-state index contributed by atoms with van der Waals surface area (Å²) in [7, 11) is 3.06. The number of quaternary nitrogens is 2. The number of ether oxygens (including phenoxy) is 2. The molecule has 0 radical (unpaired) electrons. The van der Waals surface area contributed by atoms with Crippen molar-refractivity contribution in [1.82, 2.24) is 0 Å². The van der Waals surface area contributed by atoms with Crippen LogP contribution in [0.4, 0.5) is 17.1 Å². The molecule has 0 aliphatic carbocycles. The van der Waals surface area contributed by atoms with Crippen molar-refractivity contribution in [2.45, 2.75) is 12.5 Å². The molecule has 0 aromatic heterocycles. The van der Waals surface area contributed by atoms with Gasteiger partial charge in [0.2, 0.25) is 0 Å². The van der Waals surface area contributed by atoms with Crippen LogP contribution in [0.25, 0.3) is 10.8 Å². The van der Waals surface area contributed by atoms with Crippen LogP contribution >= 0.6 is 0 Å². The molecule has 196 valence electrons. The standard InChI is InChI=1S/C27H26N4O7/c1-37-25-12-8-17(13-26(25)38-2)22-15-20(27-19-6-4-3-5-16(19)7-11-24(27)32)28-29(22)21-10-9-18(30(33)34)14-23(21)31(35)36/h3-14,22,30-33,35H,15H2,1-2H3. The van der Waals surface area contributed by atoms with Crippen LogP contribution in [0.2, 0.25) is 0 Å². The number of anilines is 1. The van der Waals surface area contributed by atoms with Gasteiger partial charge in [0.1, 0.15) is 11.4 Å². The van der Waals surface area contributed by atoms with Crippen molar-refractivity contribution < 1.29 is 35.4 Å². The average molecular weight is 519 g/mol. The zero-order chi connectivity index (χ0) is 27.0. The van der Waals surface area contributed by atoms with E-state index in [-0.39, 0.29) is 22.8 Å². The summed E-state index contributed by atoms with van der Waals surface area (Å²) in [6.45, 7) is 0. The maximum absolute atomic E-state index is 12.2. The summed E-state index contributed by atoms with van der Waals surface area (Å²) in [6, 6.07) is 19.8. The second kappa shape index (κ2) is 10.3. The van der Waals surface area contributed by atoms with Crippen LogP contribution in [0.3, 0.4) is 0 Å². The summed E-state index contributed by atoms with van der Waals surface area (Å²) in [6.07, 6.45) is 0.330. The highest BCUT2D eigenvalue weighted by molar-refractivity contribution is 6.14. The lowest BCUT2D eigenvalue weighted by atomic mass is 9.94. The van der Waals surface area contributed by atoms with E-state index in [1.165, 1.54) is 26.4 Å². The molecule has 1 aliphatic rings. The van der Waals surface area contributed by atoms with Crippen molar-refractivity contribution in [3.8, 4) is 17.2 Å². The summed E-state index contributed by atoms with van der Waals surface area (Å²) in [5.41, 5.74) is 1.73. The van der Waals surface area contributed by atoms with Crippen molar-refractivity contribution >= 4 is 33.5 Å². The van der Waals surface area contributed by atoms with E-state index in [1.54, 1.807) is 23.2 Å². The number of hydrazone groups is 1. The van der Waals surface area contributed by atoms with E-state index in [2.05, 4.69) is 0 Å². The Morgan fingerprint density at radius 2 is 1.66 bits per heavy atom. The van der Waals surface area contributed by atoms with Gasteiger partial charge in [0, 0.05) is 18.1 Å². The fraction of sp³-hybridized carbons (Fsp3) is 0.148. The molecule has 0 fully saturated rings. The molecule has 5 N–H and O–H groups in total. The number of rotatable bonds is 7. The Morgan fingerprint density at radius 1 is 0.895 bits per heavy atom. The first-order chi connectivity index (χ1) is 18.3. The van der Waals surface area contributed by atoms with E-state index < -0.39 is 16.5 Å². The molecule has 38 heavy (non-hydrogen) atoms. The smallest absolute Gasteiger partial charge is 0.195 e. The topological polar surface area (TPSA) is 150 Å². The second-order valence-electron chi connectivity index (χ2n) is 8.75. The first kappa shape index (κ1) is 25.4. The molecule has 1 aliphatic heterocycles. The van der Waals surface area contributed by atoms with Gasteiger partial charge in [-0.25, -0.2) is 10.4 Å². The Bertz CT molecular complexity index is 1520. The number of hydrogen-bond donors (Lipinski definition) is 5. The fourth-order valence-corrected chi connectivity index (χ4v) is 4.81. The molecule has 0 spiro atoms. The predicted molar refractivity (Wildman–Crippen MR) is 140 cm³/mol. The van der Waals surface area contributed by atoms with Crippen LogP contribution in [-0.2, 0) is 0 Å². The molecule has 4 aromatic carbocycles. The predicted octanol–water partition coefficient (Wildman–Crippen LogP) is 2.73. The molecular weight excluding hydrogens is 492 g/mol. The highest BCUT2D eigenvalue weighted by Crippen LogP contribution is 2.43. The number of fused-ring (bicyclic) bond motifs is 1. The number of nitrogens with one attached hydrogen (secondary N) is 2. The number of nitrogens with zero attached hydrogens (tertiary/aromatic N) is 2. The fourth-order valence-electron chi connectivity index (χ4n) is 4.81. The maximum Gasteiger partial charge on any atom is 0.195 e. The molecule has 1 heterocycles. The summed E-state index contributed by atoms with van der Waals surface area (Å²) in [5, 5.41) is 59.6. The van der Waals surface area contributed by atoms with E-state index in [1.807, 2.05) is 36.4 Å². The van der Waals surface area contributed by atoms with E-state index in [9.17, 15) is 25.9 Å². The molecular formula is C27H26N4O7. The Hall–Kier alpha value is -4.23. The van der Waals surface area contributed by atoms with Gasteiger partial charge in [0.05, 0.1) is 32.0 Å². The van der Waals surface area contributed by atoms with Crippen LogP contribution in [0.15, 0.2) is 77.9 Å². The Balaban J connectivity index is 1.70. The summed E-state index contributed by atoms with van der Waals surface area (Å²) < 4.78 is 10.9. The third-order valence-electron chi connectivity index (χ3n) is 6.62. The number of phenolic OH excluding ortho intramolecular Hbond substituents is 1. The van der Waals surface area contributed by atoms with Gasteiger partial charge in [-0.05, 0) is 40.6 Å². The minimum atomic E-state index is -1.29. The minimum absolute atomic E-state index is 0.0510. The van der Waals surface area contributed by atoms with Gasteiger partial charge in [0.25, 0.3) is 0 Å². The molecule has 0 bridgehead atoms. The molecule has 0 amide bonds. The summed E-state index contributed by atoms with van der Waals surface area (Å²) >= 11 is 0. The normalized spacial score (nSPS) is 16.8. The highest BCUT2D eigenvalue weighted by Gasteiger charge is 2.35. The lowest BCUT2D eigenvalue weighted by Gasteiger charge is -2.27. The van der Waals surface area contributed by atoms with E-state index in [0.29, 0.717) is 29.2 Å². The zero-order valence-electron chi connectivity index (χ0n) is 20.6. The number of hydrogen-bond acceptors (Lipinski definition) is 9. The molecule has 11 heteroatoms. The Kier molecular flexibility index (Phi) is 6.87. The quantitative estimate of drug-likeness (QED) is 0.235. The van der Waals surface area contributed by atoms with Crippen molar-refractivity contribution in [2.24, 2.45) is 5.10 Å². The first-order valence-corrected chi connectivity index (χ1v) is 11.7. The molecule has 3 unspecified atom stereocenters.